The molecule has 6 nitrogen and oxygen atoms in total. The topological polar surface area (TPSA) is 56.8 Å². The lowest BCUT2D eigenvalue weighted by Crippen LogP contribution is -2.55. The Bertz CT molecular complexity index is 283. The summed E-state index contributed by atoms with van der Waals surface area (Å²) >= 11 is 0. The van der Waals surface area contributed by atoms with E-state index in [1.165, 1.54) is 0 Å². The van der Waals surface area contributed by atoms with Gasteiger partial charge < -0.3 is 15.0 Å². The maximum absolute atomic E-state index is 11.5. The van der Waals surface area contributed by atoms with Gasteiger partial charge in [-0.1, -0.05) is 0 Å². The first-order valence-electron chi connectivity index (χ1n) is 6.93. The number of hydrogen-bond donors (Lipinski definition) is 2. The zero-order valence-electron chi connectivity index (χ0n) is 12.8. The van der Waals surface area contributed by atoms with Crippen molar-refractivity contribution in [1.82, 2.24) is 20.7 Å². The van der Waals surface area contributed by atoms with Crippen molar-refractivity contribution in [3.8, 4) is 0 Å². The fourth-order valence-electron chi connectivity index (χ4n) is 1.84. The smallest absolute Gasteiger partial charge is 0.407 e. The SMILES string of the molecule is CC(CNC(=O)OC(C)(C)C)NN1CCN(C)CC1. The molecule has 0 bridgehead atoms. The molecule has 1 saturated heterocycles. The van der Waals surface area contributed by atoms with Crippen LogP contribution in [0, 0.1) is 0 Å². The van der Waals surface area contributed by atoms with Crippen molar-refractivity contribution < 1.29 is 9.53 Å². The van der Waals surface area contributed by atoms with E-state index in [9.17, 15) is 4.79 Å². The average molecular weight is 272 g/mol. The molecule has 2 N–H and O–H groups in total. The standard InChI is InChI=1S/C13H28N4O2/c1-11(10-14-12(18)19-13(2,3)4)15-17-8-6-16(5)7-9-17/h11,15H,6-10H2,1-5H3,(H,14,18). The van der Waals surface area contributed by atoms with Crippen molar-refractivity contribution in [3.63, 3.8) is 0 Å². The van der Waals surface area contributed by atoms with Gasteiger partial charge in [0.05, 0.1) is 0 Å². The van der Waals surface area contributed by atoms with Gasteiger partial charge >= 0.3 is 6.09 Å². The molecule has 1 aliphatic heterocycles. The van der Waals surface area contributed by atoms with Crippen molar-refractivity contribution in [3.05, 3.63) is 0 Å². The van der Waals surface area contributed by atoms with Crippen LogP contribution in [0.4, 0.5) is 4.79 Å². The summed E-state index contributed by atoms with van der Waals surface area (Å²) in [5.41, 5.74) is 2.95. The van der Waals surface area contributed by atoms with Crippen LogP contribution in [0.3, 0.4) is 0 Å². The highest BCUT2D eigenvalue weighted by Crippen LogP contribution is 2.06. The molecule has 6 heteroatoms. The third kappa shape index (κ3) is 7.34. The number of nitrogens with one attached hydrogen (secondary N) is 2. The van der Waals surface area contributed by atoms with Gasteiger partial charge in [0.25, 0.3) is 0 Å². The Labute approximate surface area is 116 Å². The van der Waals surface area contributed by atoms with Crippen molar-refractivity contribution in [2.75, 3.05) is 39.8 Å². The summed E-state index contributed by atoms with van der Waals surface area (Å²) in [4.78, 5) is 13.8. The fraction of sp³-hybridized carbons (Fsp3) is 0.923. The lowest BCUT2D eigenvalue weighted by atomic mass is 10.2. The fourth-order valence-corrected chi connectivity index (χ4v) is 1.84. The van der Waals surface area contributed by atoms with Crippen LogP contribution < -0.4 is 10.7 Å². The lowest BCUT2D eigenvalue weighted by molar-refractivity contribution is 0.0502. The van der Waals surface area contributed by atoms with Gasteiger partial charge in [0.1, 0.15) is 5.60 Å². The number of hydrogen-bond acceptors (Lipinski definition) is 5. The second-order valence-electron chi connectivity index (χ2n) is 6.20. The van der Waals surface area contributed by atoms with E-state index in [1.54, 1.807) is 0 Å². The predicted octanol–water partition coefficient (Wildman–Crippen LogP) is 0.652. The summed E-state index contributed by atoms with van der Waals surface area (Å²) < 4.78 is 5.19. The van der Waals surface area contributed by atoms with Gasteiger partial charge in [-0.05, 0) is 34.7 Å². The average Bonchev–Trinajstić information content (AvgIpc) is 2.27. The van der Waals surface area contributed by atoms with Crippen LogP contribution in [0.1, 0.15) is 27.7 Å². The molecule has 0 saturated carbocycles. The van der Waals surface area contributed by atoms with Crippen LogP contribution in [0.25, 0.3) is 0 Å². The van der Waals surface area contributed by atoms with Crippen LogP contribution in [-0.4, -0.2) is 67.4 Å². The zero-order chi connectivity index (χ0) is 14.5. The van der Waals surface area contributed by atoms with Gasteiger partial charge in [-0.25, -0.2) is 9.80 Å². The summed E-state index contributed by atoms with van der Waals surface area (Å²) in [6.07, 6.45) is -0.362. The van der Waals surface area contributed by atoms with E-state index in [-0.39, 0.29) is 12.1 Å². The summed E-state index contributed by atoms with van der Waals surface area (Å²) in [7, 11) is 2.13. The van der Waals surface area contributed by atoms with Crippen molar-refractivity contribution >= 4 is 6.09 Å². The molecular formula is C13H28N4O2. The second-order valence-corrected chi connectivity index (χ2v) is 6.20. The Balaban J connectivity index is 2.17. The van der Waals surface area contributed by atoms with Crippen LogP contribution in [0.5, 0.6) is 0 Å². The molecule has 0 aliphatic carbocycles. The molecule has 0 spiro atoms. The predicted molar refractivity (Wildman–Crippen MR) is 75.9 cm³/mol. The highest BCUT2D eigenvalue weighted by atomic mass is 16.6. The Hall–Kier alpha value is -0.850. The van der Waals surface area contributed by atoms with E-state index >= 15 is 0 Å². The molecular weight excluding hydrogens is 244 g/mol. The summed E-state index contributed by atoms with van der Waals surface area (Å²) in [5, 5.41) is 4.99. The van der Waals surface area contributed by atoms with Gasteiger partial charge in [-0.3, -0.25) is 5.43 Å². The number of likely N-dealkylation sites (N-methyl/N-ethyl adjacent to an activating group) is 1. The van der Waals surface area contributed by atoms with Crippen LogP contribution >= 0.6 is 0 Å². The Morgan fingerprint density at radius 3 is 2.37 bits per heavy atom. The Morgan fingerprint density at radius 1 is 1.26 bits per heavy atom. The molecule has 1 amide bonds. The first-order valence-corrected chi connectivity index (χ1v) is 6.93. The third-order valence-corrected chi connectivity index (χ3v) is 2.86. The molecule has 1 rings (SSSR count). The van der Waals surface area contributed by atoms with Crippen LogP contribution in [0.2, 0.25) is 0 Å². The number of carbonyl (C=O) groups excluding carboxylic acids is 1. The first-order chi connectivity index (χ1) is 8.76. The Kier molecular flexibility index (Phi) is 6.03. The van der Waals surface area contributed by atoms with Crippen molar-refractivity contribution in [2.45, 2.75) is 39.3 Å². The Morgan fingerprint density at radius 2 is 1.84 bits per heavy atom. The quantitative estimate of drug-likeness (QED) is 0.787. The van der Waals surface area contributed by atoms with E-state index in [4.69, 9.17) is 4.74 Å². The molecule has 1 unspecified atom stereocenters. The summed E-state index contributed by atoms with van der Waals surface area (Å²) in [6.45, 7) is 12.3. The number of carbonyl (C=O) groups is 1. The molecule has 0 aromatic carbocycles. The molecule has 0 aromatic rings. The van der Waals surface area contributed by atoms with E-state index in [2.05, 4.69) is 34.6 Å². The monoisotopic (exact) mass is 272 g/mol. The van der Waals surface area contributed by atoms with Crippen LogP contribution in [0.15, 0.2) is 0 Å². The van der Waals surface area contributed by atoms with Gasteiger partial charge in [0, 0.05) is 38.8 Å². The molecule has 0 aromatic heterocycles. The molecule has 0 radical (unpaired) electrons. The van der Waals surface area contributed by atoms with Gasteiger partial charge in [0.15, 0.2) is 0 Å². The van der Waals surface area contributed by atoms with E-state index in [0.717, 1.165) is 26.2 Å². The molecule has 19 heavy (non-hydrogen) atoms. The minimum atomic E-state index is -0.446. The summed E-state index contributed by atoms with van der Waals surface area (Å²) in [6, 6.07) is 0.191. The number of nitrogens with zero attached hydrogens (tertiary/aromatic N) is 2. The lowest BCUT2D eigenvalue weighted by Gasteiger charge is -2.34. The summed E-state index contributed by atoms with van der Waals surface area (Å²) in [5.74, 6) is 0. The number of amides is 1. The molecule has 1 fully saturated rings. The number of piperazine rings is 1. The van der Waals surface area contributed by atoms with Crippen LogP contribution in [-0.2, 0) is 4.74 Å². The highest BCUT2D eigenvalue weighted by Gasteiger charge is 2.18. The molecule has 1 atom stereocenters. The van der Waals surface area contributed by atoms with E-state index < -0.39 is 5.60 Å². The number of hydrazine groups is 1. The minimum Gasteiger partial charge on any atom is -0.444 e. The third-order valence-electron chi connectivity index (χ3n) is 2.86. The molecule has 112 valence electrons. The number of alkyl carbamates (subject to hydrolysis) is 1. The van der Waals surface area contributed by atoms with Crippen molar-refractivity contribution in [1.29, 1.82) is 0 Å². The van der Waals surface area contributed by atoms with Gasteiger partial charge in [0.2, 0.25) is 0 Å². The second kappa shape index (κ2) is 7.07. The minimum absolute atomic E-state index is 0.191. The normalized spacial score (nSPS) is 20.1. The largest absolute Gasteiger partial charge is 0.444 e. The molecule has 1 aliphatic rings. The van der Waals surface area contributed by atoms with Gasteiger partial charge in [-0.15, -0.1) is 0 Å². The maximum atomic E-state index is 11.5. The van der Waals surface area contributed by atoms with Crippen molar-refractivity contribution in [2.24, 2.45) is 0 Å². The van der Waals surface area contributed by atoms with Gasteiger partial charge in [-0.2, -0.15) is 0 Å². The first kappa shape index (κ1) is 16.2. The number of rotatable bonds is 4. The number of ether oxygens (including phenoxy) is 1. The van der Waals surface area contributed by atoms with E-state index in [1.807, 2.05) is 20.8 Å². The zero-order valence-corrected chi connectivity index (χ0v) is 12.8. The highest BCUT2D eigenvalue weighted by molar-refractivity contribution is 5.67. The van der Waals surface area contributed by atoms with E-state index in [0.29, 0.717) is 6.54 Å². The molecule has 1 heterocycles. The maximum Gasteiger partial charge on any atom is 0.407 e.